The minimum absolute atomic E-state index is 0.00996. The number of anilines is 1. The number of hydrogen-bond donors (Lipinski definition) is 1. The Hall–Kier alpha value is -3.61. The number of phenolic OH excluding ortho intramolecular Hbond substituents is 1. The van der Waals surface area contributed by atoms with E-state index >= 15 is 0 Å². The molecule has 1 aliphatic heterocycles. The molecule has 160 valence electrons. The molecule has 1 N–H and O–H groups in total. The lowest BCUT2D eigenvalue weighted by atomic mass is 9.99. The smallest absolute Gasteiger partial charge is 0.310 e. The van der Waals surface area contributed by atoms with Crippen molar-refractivity contribution in [2.45, 2.75) is 26.8 Å². The Balaban J connectivity index is 1.74. The Morgan fingerprint density at radius 2 is 1.87 bits per heavy atom. The average molecular weight is 423 g/mol. The monoisotopic (exact) mass is 423 g/mol. The molecule has 0 bridgehead atoms. The largest absolute Gasteiger partial charge is 0.507 e. The molecule has 0 fully saturated rings. The van der Waals surface area contributed by atoms with Crippen LogP contribution >= 0.6 is 0 Å². The first-order chi connectivity index (χ1) is 15.0. The molecule has 0 aliphatic carbocycles. The summed E-state index contributed by atoms with van der Waals surface area (Å²) < 4.78 is 25.6. The first kappa shape index (κ1) is 20.7. The third kappa shape index (κ3) is 3.56. The van der Waals surface area contributed by atoms with E-state index < -0.39 is 17.7 Å². The summed E-state index contributed by atoms with van der Waals surface area (Å²) in [6.07, 6.45) is -0.0557. The van der Waals surface area contributed by atoms with Crippen molar-refractivity contribution in [3.63, 3.8) is 0 Å². The van der Waals surface area contributed by atoms with E-state index in [-0.39, 0.29) is 36.6 Å². The van der Waals surface area contributed by atoms with Gasteiger partial charge in [-0.25, -0.2) is 4.39 Å². The highest BCUT2D eigenvalue weighted by Gasteiger charge is 2.37. The number of halogens is 1. The Bertz CT molecular complexity index is 1190. The second kappa shape index (κ2) is 8.26. The van der Waals surface area contributed by atoms with Gasteiger partial charge in [0.15, 0.2) is 0 Å². The molecule has 0 aromatic heterocycles. The summed E-state index contributed by atoms with van der Waals surface area (Å²) in [6.45, 7) is 4.12. The molecule has 0 unspecified atom stereocenters. The van der Waals surface area contributed by atoms with Gasteiger partial charge in [-0.05, 0) is 31.5 Å². The third-order valence-electron chi connectivity index (χ3n) is 5.26. The number of fused-ring (bicyclic) bond motifs is 2. The van der Waals surface area contributed by atoms with E-state index in [9.17, 15) is 19.1 Å². The molecule has 7 heteroatoms. The number of benzene rings is 3. The van der Waals surface area contributed by atoms with Crippen molar-refractivity contribution < 1.29 is 28.6 Å². The fraction of sp³-hybridized carbons (Fsp3) is 0.250. The van der Waals surface area contributed by atoms with Gasteiger partial charge in [0.25, 0.3) is 5.91 Å². The van der Waals surface area contributed by atoms with Gasteiger partial charge < -0.3 is 19.5 Å². The summed E-state index contributed by atoms with van der Waals surface area (Å²) in [5.41, 5.74) is 1.17. The van der Waals surface area contributed by atoms with E-state index in [1.807, 2.05) is 6.92 Å². The molecule has 31 heavy (non-hydrogen) atoms. The standard InChI is InChI=1S/C24H22FNO5/c1-3-30-20(27)12-14-9-10-19(18(25)11-14)26-13-17-21(24(26)29)23(31-4-2)16-8-6-5-7-15(16)22(17)28/h5-11,28H,3-4,12-13H2,1-2H3. The summed E-state index contributed by atoms with van der Waals surface area (Å²) in [4.78, 5) is 26.2. The first-order valence-corrected chi connectivity index (χ1v) is 10.1. The van der Waals surface area contributed by atoms with E-state index in [0.717, 1.165) is 0 Å². The molecule has 3 aromatic rings. The third-order valence-corrected chi connectivity index (χ3v) is 5.26. The van der Waals surface area contributed by atoms with E-state index in [1.165, 1.54) is 17.0 Å². The zero-order valence-corrected chi connectivity index (χ0v) is 17.3. The van der Waals surface area contributed by atoms with Crippen molar-refractivity contribution in [3.05, 3.63) is 65.0 Å². The Labute approximate surface area is 178 Å². The van der Waals surface area contributed by atoms with Gasteiger partial charge in [0.05, 0.1) is 37.4 Å². The average Bonchev–Trinajstić information content (AvgIpc) is 3.09. The predicted molar refractivity (Wildman–Crippen MR) is 114 cm³/mol. The summed E-state index contributed by atoms with van der Waals surface area (Å²) in [7, 11) is 0. The highest BCUT2D eigenvalue weighted by molar-refractivity contribution is 6.16. The molecule has 0 saturated heterocycles. The second-order valence-corrected chi connectivity index (χ2v) is 7.17. The second-order valence-electron chi connectivity index (χ2n) is 7.17. The van der Waals surface area contributed by atoms with Gasteiger partial charge in [-0.2, -0.15) is 0 Å². The highest BCUT2D eigenvalue weighted by atomic mass is 19.1. The van der Waals surface area contributed by atoms with Gasteiger partial charge in [0.2, 0.25) is 0 Å². The van der Waals surface area contributed by atoms with E-state index in [0.29, 0.717) is 34.3 Å². The normalized spacial score (nSPS) is 12.9. The fourth-order valence-electron chi connectivity index (χ4n) is 3.93. The van der Waals surface area contributed by atoms with Crippen LogP contribution in [0.2, 0.25) is 0 Å². The zero-order valence-electron chi connectivity index (χ0n) is 17.3. The Morgan fingerprint density at radius 1 is 1.13 bits per heavy atom. The molecule has 0 radical (unpaired) electrons. The summed E-state index contributed by atoms with van der Waals surface area (Å²) in [5.74, 6) is -1.15. The van der Waals surface area contributed by atoms with Crippen molar-refractivity contribution in [1.82, 2.24) is 0 Å². The van der Waals surface area contributed by atoms with Crippen molar-refractivity contribution >= 4 is 28.3 Å². The molecular formula is C24H22FNO5. The van der Waals surface area contributed by atoms with Crippen LogP contribution in [0.4, 0.5) is 10.1 Å². The lowest BCUT2D eigenvalue weighted by molar-refractivity contribution is -0.142. The van der Waals surface area contributed by atoms with E-state index in [1.54, 1.807) is 37.3 Å². The number of ether oxygens (including phenoxy) is 2. The summed E-state index contributed by atoms with van der Waals surface area (Å²) in [6, 6.07) is 11.4. The molecule has 4 rings (SSSR count). The number of carbonyl (C=O) groups is 2. The summed E-state index contributed by atoms with van der Waals surface area (Å²) in [5, 5.41) is 12.0. The molecule has 6 nitrogen and oxygen atoms in total. The molecule has 0 atom stereocenters. The maximum Gasteiger partial charge on any atom is 0.310 e. The van der Waals surface area contributed by atoms with Gasteiger partial charge in [-0.15, -0.1) is 0 Å². The Morgan fingerprint density at radius 3 is 2.55 bits per heavy atom. The van der Waals surface area contributed by atoms with Crippen molar-refractivity contribution in [2.75, 3.05) is 18.1 Å². The molecule has 0 spiro atoms. The van der Waals surface area contributed by atoms with Crippen molar-refractivity contribution in [3.8, 4) is 11.5 Å². The number of carbonyl (C=O) groups excluding carboxylic acids is 2. The fourth-order valence-corrected chi connectivity index (χ4v) is 3.93. The van der Waals surface area contributed by atoms with Crippen molar-refractivity contribution in [2.24, 2.45) is 0 Å². The zero-order chi connectivity index (χ0) is 22.1. The van der Waals surface area contributed by atoms with Crippen LogP contribution in [-0.2, 0) is 22.5 Å². The SMILES string of the molecule is CCOC(=O)Cc1ccc(N2Cc3c(c(OCC)c4ccccc4c3O)C2=O)c(F)c1. The number of amides is 1. The highest BCUT2D eigenvalue weighted by Crippen LogP contribution is 2.45. The van der Waals surface area contributed by atoms with Crippen LogP contribution in [0.15, 0.2) is 42.5 Å². The Kier molecular flexibility index (Phi) is 5.50. The molecule has 0 saturated carbocycles. The molecule has 1 aliphatic rings. The van der Waals surface area contributed by atoms with Crippen LogP contribution in [0, 0.1) is 5.82 Å². The lowest BCUT2D eigenvalue weighted by Crippen LogP contribution is -2.24. The van der Waals surface area contributed by atoms with Gasteiger partial charge in [0.1, 0.15) is 17.3 Å². The maximum absolute atomic E-state index is 14.9. The van der Waals surface area contributed by atoms with Crippen LogP contribution in [-0.4, -0.2) is 30.2 Å². The van der Waals surface area contributed by atoms with Crippen LogP contribution in [0.1, 0.15) is 35.3 Å². The van der Waals surface area contributed by atoms with Crippen LogP contribution in [0.5, 0.6) is 11.5 Å². The number of nitrogens with zero attached hydrogens (tertiary/aromatic N) is 1. The van der Waals surface area contributed by atoms with Crippen LogP contribution in [0.3, 0.4) is 0 Å². The number of esters is 1. The molecular weight excluding hydrogens is 401 g/mol. The quantitative estimate of drug-likeness (QED) is 0.597. The van der Waals surface area contributed by atoms with Gasteiger partial charge in [0, 0.05) is 16.3 Å². The number of aromatic hydroxyl groups is 1. The molecule has 1 heterocycles. The first-order valence-electron chi connectivity index (χ1n) is 10.1. The summed E-state index contributed by atoms with van der Waals surface area (Å²) >= 11 is 0. The number of rotatable bonds is 6. The van der Waals surface area contributed by atoms with E-state index in [2.05, 4.69) is 0 Å². The number of phenols is 1. The van der Waals surface area contributed by atoms with E-state index in [4.69, 9.17) is 9.47 Å². The van der Waals surface area contributed by atoms with Crippen LogP contribution in [0.25, 0.3) is 10.8 Å². The van der Waals surface area contributed by atoms with Gasteiger partial charge in [-0.1, -0.05) is 30.3 Å². The van der Waals surface area contributed by atoms with Gasteiger partial charge in [-0.3, -0.25) is 9.59 Å². The van der Waals surface area contributed by atoms with Crippen LogP contribution < -0.4 is 9.64 Å². The topological polar surface area (TPSA) is 76.1 Å². The lowest BCUT2D eigenvalue weighted by Gasteiger charge is -2.17. The maximum atomic E-state index is 14.9. The van der Waals surface area contributed by atoms with Crippen molar-refractivity contribution in [1.29, 1.82) is 0 Å². The molecule has 3 aromatic carbocycles. The number of hydrogen-bond acceptors (Lipinski definition) is 5. The minimum Gasteiger partial charge on any atom is -0.507 e. The van der Waals surface area contributed by atoms with Gasteiger partial charge >= 0.3 is 5.97 Å². The minimum atomic E-state index is -0.634. The predicted octanol–water partition coefficient (Wildman–Crippen LogP) is 4.35. The molecule has 1 amide bonds.